The van der Waals surface area contributed by atoms with Crippen LogP contribution in [0, 0.1) is 18.7 Å². The molecular weight excluding hydrogens is 427 g/mol. The van der Waals surface area contributed by atoms with Gasteiger partial charge in [0.15, 0.2) is 0 Å². The molecule has 2 fully saturated rings. The predicted octanol–water partition coefficient (Wildman–Crippen LogP) is 3.05. The molecule has 2 aromatic heterocycles. The van der Waals surface area contributed by atoms with Gasteiger partial charge in [-0.3, -0.25) is 9.59 Å². The third-order valence-corrected chi connectivity index (χ3v) is 6.44. The maximum absolute atomic E-state index is 13.5. The summed E-state index contributed by atoms with van der Waals surface area (Å²) in [5.41, 5.74) is 2.51. The molecule has 9 heteroatoms. The number of aryl methyl sites for hydroxylation is 1. The summed E-state index contributed by atoms with van der Waals surface area (Å²) in [6, 6.07) is 7.65. The second-order valence-corrected chi connectivity index (χ2v) is 8.51. The summed E-state index contributed by atoms with van der Waals surface area (Å²) in [7, 11) is 0. The summed E-state index contributed by atoms with van der Waals surface area (Å²) >= 11 is 0. The normalized spacial score (nSPS) is 17.5. The Balaban J connectivity index is 1.37. The van der Waals surface area contributed by atoms with Crippen molar-refractivity contribution in [2.75, 3.05) is 39.4 Å². The quantitative estimate of drug-likeness (QED) is 0.607. The second-order valence-electron chi connectivity index (χ2n) is 8.51. The minimum absolute atomic E-state index is 0.0725. The van der Waals surface area contributed by atoms with Crippen molar-refractivity contribution in [2.45, 2.75) is 19.8 Å². The van der Waals surface area contributed by atoms with Crippen LogP contribution in [0.2, 0.25) is 0 Å². The maximum atomic E-state index is 13.5. The Hall–Kier alpha value is -3.33. The van der Waals surface area contributed by atoms with Gasteiger partial charge >= 0.3 is 0 Å². The van der Waals surface area contributed by atoms with Crippen molar-refractivity contribution >= 4 is 22.9 Å². The number of amides is 2. The number of nitrogens with zero attached hydrogens (tertiary/aromatic N) is 4. The van der Waals surface area contributed by atoms with Crippen molar-refractivity contribution in [2.24, 2.45) is 5.92 Å². The summed E-state index contributed by atoms with van der Waals surface area (Å²) in [5, 5.41) is 4.57. The van der Waals surface area contributed by atoms with Crippen LogP contribution in [0.3, 0.4) is 0 Å². The van der Waals surface area contributed by atoms with Crippen LogP contribution in [0.25, 0.3) is 22.4 Å². The lowest BCUT2D eigenvalue weighted by Crippen LogP contribution is -2.47. The summed E-state index contributed by atoms with van der Waals surface area (Å²) in [6.07, 6.45) is 1.26. The number of hydrogen-bond donors (Lipinski definition) is 0. The molecule has 0 radical (unpaired) electrons. The molecule has 33 heavy (non-hydrogen) atoms. The molecule has 0 saturated carbocycles. The van der Waals surface area contributed by atoms with E-state index in [4.69, 9.17) is 9.26 Å². The smallest absolute Gasteiger partial charge is 0.259 e. The van der Waals surface area contributed by atoms with Gasteiger partial charge in [0.2, 0.25) is 5.91 Å². The summed E-state index contributed by atoms with van der Waals surface area (Å²) in [6.45, 7) is 5.19. The summed E-state index contributed by atoms with van der Waals surface area (Å²) in [5.74, 6) is -0.405. The standard InChI is InChI=1S/C24H25FN4O4/c1-15-21-19(14-20(26-22(21)33-27-15)16-2-4-18(25)5-3-16)24(31)28-8-6-17(7-9-28)23(30)29-10-12-32-13-11-29/h2-5,14,17H,6-13H2,1H3. The average Bonchev–Trinajstić information content (AvgIpc) is 3.24. The van der Waals surface area contributed by atoms with Crippen molar-refractivity contribution in [3.05, 3.63) is 47.4 Å². The monoisotopic (exact) mass is 452 g/mol. The molecule has 0 aliphatic carbocycles. The zero-order chi connectivity index (χ0) is 22.9. The topological polar surface area (TPSA) is 88.8 Å². The van der Waals surface area contributed by atoms with E-state index in [-0.39, 0.29) is 29.3 Å². The van der Waals surface area contributed by atoms with E-state index in [1.54, 1.807) is 30.0 Å². The predicted molar refractivity (Wildman–Crippen MR) is 118 cm³/mol. The fourth-order valence-corrected chi connectivity index (χ4v) is 4.57. The van der Waals surface area contributed by atoms with E-state index in [1.165, 1.54) is 12.1 Å². The van der Waals surface area contributed by atoms with Crippen LogP contribution >= 0.6 is 0 Å². The van der Waals surface area contributed by atoms with Gasteiger partial charge in [0.05, 0.1) is 35.6 Å². The maximum Gasteiger partial charge on any atom is 0.259 e. The van der Waals surface area contributed by atoms with Gasteiger partial charge in [0.1, 0.15) is 5.82 Å². The Kier molecular flexibility index (Phi) is 5.80. The number of halogens is 1. The average molecular weight is 452 g/mol. The third-order valence-electron chi connectivity index (χ3n) is 6.44. The molecule has 5 rings (SSSR count). The first-order valence-electron chi connectivity index (χ1n) is 11.2. The Bertz CT molecular complexity index is 1180. The Morgan fingerprint density at radius 2 is 1.73 bits per heavy atom. The van der Waals surface area contributed by atoms with E-state index in [0.717, 1.165) is 0 Å². The lowest BCUT2D eigenvalue weighted by Gasteiger charge is -2.35. The van der Waals surface area contributed by atoms with Gasteiger partial charge in [0, 0.05) is 37.7 Å². The molecule has 2 aliphatic rings. The largest absolute Gasteiger partial charge is 0.378 e. The van der Waals surface area contributed by atoms with Gasteiger partial charge in [-0.15, -0.1) is 0 Å². The fraction of sp³-hybridized carbons (Fsp3) is 0.417. The summed E-state index contributed by atoms with van der Waals surface area (Å²) < 4.78 is 24.1. The van der Waals surface area contributed by atoms with Crippen molar-refractivity contribution in [3.63, 3.8) is 0 Å². The molecule has 0 atom stereocenters. The molecule has 172 valence electrons. The zero-order valence-electron chi connectivity index (χ0n) is 18.4. The van der Waals surface area contributed by atoms with E-state index in [0.29, 0.717) is 80.1 Å². The minimum atomic E-state index is -0.346. The second kappa shape index (κ2) is 8.90. The van der Waals surface area contributed by atoms with Crippen LogP contribution in [-0.4, -0.2) is 71.1 Å². The number of benzene rings is 1. The first-order chi connectivity index (χ1) is 16.0. The molecule has 8 nitrogen and oxygen atoms in total. The van der Waals surface area contributed by atoms with Gasteiger partial charge in [-0.1, -0.05) is 5.16 Å². The van der Waals surface area contributed by atoms with Crippen molar-refractivity contribution in [3.8, 4) is 11.3 Å². The highest BCUT2D eigenvalue weighted by atomic mass is 19.1. The Morgan fingerprint density at radius 1 is 1.03 bits per heavy atom. The number of aromatic nitrogens is 2. The number of rotatable bonds is 3. The van der Waals surface area contributed by atoms with E-state index in [9.17, 15) is 14.0 Å². The number of pyridine rings is 1. The molecule has 1 aromatic carbocycles. The molecule has 3 aromatic rings. The van der Waals surface area contributed by atoms with Gasteiger partial charge in [-0.05, 0) is 50.1 Å². The molecular formula is C24H25FN4O4. The number of carbonyl (C=O) groups is 2. The van der Waals surface area contributed by atoms with E-state index >= 15 is 0 Å². The zero-order valence-corrected chi connectivity index (χ0v) is 18.4. The highest BCUT2D eigenvalue weighted by Gasteiger charge is 2.32. The van der Waals surface area contributed by atoms with Gasteiger partial charge in [0.25, 0.3) is 11.6 Å². The Labute approximate surface area is 190 Å². The number of piperidine rings is 1. The molecule has 2 saturated heterocycles. The van der Waals surface area contributed by atoms with E-state index < -0.39 is 0 Å². The van der Waals surface area contributed by atoms with Gasteiger partial charge in [-0.2, -0.15) is 0 Å². The number of hydrogen-bond acceptors (Lipinski definition) is 6. The van der Waals surface area contributed by atoms with Gasteiger partial charge in [-0.25, -0.2) is 9.37 Å². The Morgan fingerprint density at radius 3 is 2.42 bits per heavy atom. The van der Waals surface area contributed by atoms with Crippen LogP contribution in [0.5, 0.6) is 0 Å². The molecule has 2 amide bonds. The van der Waals surface area contributed by atoms with Crippen LogP contribution in [0.1, 0.15) is 28.9 Å². The fourth-order valence-electron chi connectivity index (χ4n) is 4.57. The number of ether oxygens (including phenoxy) is 1. The lowest BCUT2D eigenvalue weighted by atomic mass is 9.94. The highest BCUT2D eigenvalue weighted by Crippen LogP contribution is 2.29. The van der Waals surface area contributed by atoms with E-state index in [1.807, 2.05) is 4.90 Å². The first kappa shape index (κ1) is 21.5. The number of likely N-dealkylation sites (tertiary alicyclic amines) is 1. The van der Waals surface area contributed by atoms with Gasteiger partial charge < -0.3 is 19.1 Å². The third kappa shape index (κ3) is 4.20. The van der Waals surface area contributed by atoms with Crippen LogP contribution in [0.15, 0.2) is 34.9 Å². The molecule has 0 spiro atoms. The molecule has 0 N–H and O–H groups in total. The molecule has 2 aliphatic heterocycles. The van der Waals surface area contributed by atoms with Crippen molar-refractivity contribution in [1.82, 2.24) is 19.9 Å². The van der Waals surface area contributed by atoms with E-state index in [2.05, 4.69) is 10.1 Å². The number of morpholine rings is 1. The summed E-state index contributed by atoms with van der Waals surface area (Å²) in [4.78, 5) is 34.5. The number of carbonyl (C=O) groups excluding carboxylic acids is 2. The van der Waals surface area contributed by atoms with Crippen molar-refractivity contribution in [1.29, 1.82) is 0 Å². The minimum Gasteiger partial charge on any atom is -0.378 e. The van der Waals surface area contributed by atoms with Crippen molar-refractivity contribution < 1.29 is 23.2 Å². The van der Waals surface area contributed by atoms with Crippen LogP contribution < -0.4 is 0 Å². The SMILES string of the molecule is Cc1noc2nc(-c3ccc(F)cc3)cc(C(=O)N3CCC(C(=O)N4CCOCC4)CC3)c12. The highest BCUT2D eigenvalue weighted by molar-refractivity contribution is 6.07. The molecule has 4 heterocycles. The van der Waals surface area contributed by atoms with Crippen LogP contribution in [-0.2, 0) is 9.53 Å². The number of fused-ring (bicyclic) bond motifs is 1. The molecule has 0 unspecified atom stereocenters. The lowest BCUT2D eigenvalue weighted by molar-refractivity contribution is -0.141. The molecule has 0 bridgehead atoms. The first-order valence-corrected chi connectivity index (χ1v) is 11.2. The van der Waals surface area contributed by atoms with Crippen LogP contribution in [0.4, 0.5) is 4.39 Å².